The summed E-state index contributed by atoms with van der Waals surface area (Å²) in [6.07, 6.45) is 1.28. The fraction of sp³-hybridized carbons (Fsp3) is 0.684. The molecule has 1 unspecified atom stereocenters. The van der Waals surface area contributed by atoms with E-state index in [1.165, 1.54) is 6.42 Å². The Hall–Kier alpha value is -1.01. The van der Waals surface area contributed by atoms with Crippen molar-refractivity contribution < 1.29 is 9.47 Å². The third kappa shape index (κ3) is 4.79. The molecule has 140 valence electrons. The molecule has 0 aromatic heterocycles. The molecule has 6 heteroatoms. The molecule has 2 fully saturated rings. The van der Waals surface area contributed by atoms with Gasteiger partial charge in [-0.15, -0.1) is 0 Å². The van der Waals surface area contributed by atoms with Crippen molar-refractivity contribution in [3.8, 4) is 11.5 Å². The Balaban J connectivity index is 1.61. The third-order valence-corrected chi connectivity index (χ3v) is 5.42. The highest BCUT2D eigenvalue weighted by molar-refractivity contribution is 6.31. The molecule has 1 aromatic carbocycles. The van der Waals surface area contributed by atoms with Crippen molar-refractivity contribution in [1.29, 1.82) is 0 Å². The summed E-state index contributed by atoms with van der Waals surface area (Å²) in [6.45, 7) is 12.8. The van der Waals surface area contributed by atoms with Crippen LogP contribution in [0.15, 0.2) is 12.1 Å². The predicted molar refractivity (Wildman–Crippen MR) is 102 cm³/mol. The molecule has 25 heavy (non-hydrogen) atoms. The van der Waals surface area contributed by atoms with E-state index in [0.717, 1.165) is 73.9 Å². The lowest BCUT2D eigenvalue weighted by molar-refractivity contribution is 0.0981. The molecule has 5 nitrogen and oxygen atoms in total. The first-order valence-corrected chi connectivity index (χ1v) is 9.84. The van der Waals surface area contributed by atoms with Crippen molar-refractivity contribution >= 4 is 11.6 Å². The quantitative estimate of drug-likeness (QED) is 0.801. The zero-order valence-electron chi connectivity index (χ0n) is 15.4. The van der Waals surface area contributed by atoms with E-state index in [9.17, 15) is 0 Å². The number of rotatable bonds is 7. The molecule has 2 aliphatic rings. The third-order valence-electron chi connectivity index (χ3n) is 5.06. The van der Waals surface area contributed by atoms with E-state index in [4.69, 9.17) is 21.1 Å². The average molecular weight is 368 g/mol. The maximum absolute atomic E-state index is 6.51. The SMILES string of the molecule is CCOc1cc(Cl)c(CN2CCN(C3CCNC3)CC2)cc1OCC. The molecule has 1 atom stereocenters. The number of ether oxygens (including phenoxy) is 2. The number of hydrogen-bond donors (Lipinski definition) is 1. The van der Waals surface area contributed by atoms with Gasteiger partial charge >= 0.3 is 0 Å². The van der Waals surface area contributed by atoms with Gasteiger partial charge in [0.05, 0.1) is 13.2 Å². The van der Waals surface area contributed by atoms with Crippen LogP contribution in [0.5, 0.6) is 11.5 Å². The topological polar surface area (TPSA) is 37.0 Å². The number of piperazine rings is 1. The summed E-state index contributed by atoms with van der Waals surface area (Å²) in [5.41, 5.74) is 1.12. The Labute approximate surface area is 156 Å². The maximum Gasteiger partial charge on any atom is 0.162 e. The highest BCUT2D eigenvalue weighted by Crippen LogP contribution is 2.34. The monoisotopic (exact) mass is 367 g/mol. The summed E-state index contributed by atoms with van der Waals surface area (Å²) in [4.78, 5) is 5.11. The zero-order chi connectivity index (χ0) is 17.6. The Bertz CT molecular complexity index is 556. The molecular weight excluding hydrogens is 338 g/mol. The highest BCUT2D eigenvalue weighted by Gasteiger charge is 2.26. The van der Waals surface area contributed by atoms with Crippen LogP contribution in [0.25, 0.3) is 0 Å². The second kappa shape index (κ2) is 9.08. The van der Waals surface area contributed by atoms with Gasteiger partial charge in [-0.05, 0) is 38.4 Å². The van der Waals surface area contributed by atoms with E-state index < -0.39 is 0 Å². The van der Waals surface area contributed by atoms with Crippen molar-refractivity contribution in [1.82, 2.24) is 15.1 Å². The van der Waals surface area contributed by atoms with E-state index in [-0.39, 0.29) is 0 Å². The molecule has 0 radical (unpaired) electrons. The zero-order valence-corrected chi connectivity index (χ0v) is 16.1. The van der Waals surface area contributed by atoms with E-state index in [1.54, 1.807) is 0 Å². The van der Waals surface area contributed by atoms with Gasteiger partial charge in [-0.1, -0.05) is 11.6 Å². The summed E-state index contributed by atoms with van der Waals surface area (Å²) < 4.78 is 11.4. The number of nitrogens with one attached hydrogen (secondary N) is 1. The van der Waals surface area contributed by atoms with Gasteiger partial charge in [-0.25, -0.2) is 0 Å². The summed E-state index contributed by atoms with van der Waals surface area (Å²) in [5.74, 6) is 1.52. The minimum absolute atomic E-state index is 0.605. The largest absolute Gasteiger partial charge is 0.490 e. The molecule has 0 amide bonds. The lowest BCUT2D eigenvalue weighted by atomic mass is 10.1. The van der Waals surface area contributed by atoms with Gasteiger partial charge in [-0.3, -0.25) is 9.80 Å². The van der Waals surface area contributed by atoms with Crippen LogP contribution in [0, 0.1) is 0 Å². The molecule has 1 N–H and O–H groups in total. The second-order valence-corrected chi connectivity index (χ2v) is 7.12. The normalized spacial score (nSPS) is 22.3. The molecule has 0 bridgehead atoms. The number of benzene rings is 1. The van der Waals surface area contributed by atoms with E-state index in [1.807, 2.05) is 26.0 Å². The van der Waals surface area contributed by atoms with Crippen LogP contribution < -0.4 is 14.8 Å². The van der Waals surface area contributed by atoms with Crippen molar-refractivity contribution in [2.45, 2.75) is 32.9 Å². The molecule has 2 heterocycles. The van der Waals surface area contributed by atoms with Gasteiger partial charge in [-0.2, -0.15) is 0 Å². The standard InChI is InChI=1S/C19H30ClN3O2/c1-3-24-18-11-15(17(20)12-19(18)25-4-2)14-22-7-9-23(10-8-22)16-5-6-21-13-16/h11-12,16,21H,3-10,13-14H2,1-2H3. The minimum Gasteiger partial charge on any atom is -0.490 e. The van der Waals surface area contributed by atoms with Gasteiger partial charge in [0, 0.05) is 56.4 Å². The van der Waals surface area contributed by atoms with Gasteiger partial charge in [0.1, 0.15) is 0 Å². The first-order chi connectivity index (χ1) is 12.2. The Kier molecular flexibility index (Phi) is 6.82. The second-order valence-electron chi connectivity index (χ2n) is 6.72. The molecule has 1 aromatic rings. The fourth-order valence-electron chi connectivity index (χ4n) is 3.71. The summed E-state index contributed by atoms with van der Waals surface area (Å²) >= 11 is 6.51. The van der Waals surface area contributed by atoms with Crippen molar-refractivity contribution in [3.63, 3.8) is 0 Å². The fourth-order valence-corrected chi connectivity index (χ4v) is 3.93. The Morgan fingerprint density at radius 3 is 2.36 bits per heavy atom. The van der Waals surface area contributed by atoms with Crippen molar-refractivity contribution in [2.75, 3.05) is 52.5 Å². The van der Waals surface area contributed by atoms with E-state index in [0.29, 0.717) is 13.2 Å². The smallest absolute Gasteiger partial charge is 0.162 e. The minimum atomic E-state index is 0.605. The summed E-state index contributed by atoms with van der Waals surface area (Å²) in [7, 11) is 0. The van der Waals surface area contributed by atoms with Crippen molar-refractivity contribution in [2.24, 2.45) is 0 Å². The molecule has 0 aliphatic carbocycles. The van der Waals surface area contributed by atoms with Crippen LogP contribution in [0.2, 0.25) is 5.02 Å². The first-order valence-electron chi connectivity index (χ1n) is 9.46. The van der Waals surface area contributed by atoms with Gasteiger partial charge in [0.15, 0.2) is 11.5 Å². The van der Waals surface area contributed by atoms with Gasteiger partial charge in [0.25, 0.3) is 0 Å². The summed E-state index contributed by atoms with van der Waals surface area (Å²) in [5, 5.41) is 4.22. The van der Waals surface area contributed by atoms with Crippen LogP contribution in [0.4, 0.5) is 0 Å². The highest BCUT2D eigenvalue weighted by atomic mass is 35.5. The number of nitrogens with zero attached hydrogens (tertiary/aromatic N) is 2. The Morgan fingerprint density at radius 1 is 1.08 bits per heavy atom. The molecule has 2 saturated heterocycles. The van der Waals surface area contributed by atoms with Crippen molar-refractivity contribution in [3.05, 3.63) is 22.7 Å². The molecule has 3 rings (SSSR count). The lowest BCUT2D eigenvalue weighted by Crippen LogP contribution is -2.50. The van der Waals surface area contributed by atoms with Crippen LogP contribution in [-0.4, -0.2) is 68.3 Å². The number of hydrogen-bond acceptors (Lipinski definition) is 5. The van der Waals surface area contributed by atoms with E-state index in [2.05, 4.69) is 15.1 Å². The summed E-state index contributed by atoms with van der Waals surface area (Å²) in [6, 6.07) is 4.66. The molecule has 0 spiro atoms. The molecule has 2 aliphatic heterocycles. The predicted octanol–water partition coefficient (Wildman–Crippen LogP) is 2.62. The maximum atomic E-state index is 6.51. The average Bonchev–Trinajstić information content (AvgIpc) is 3.14. The van der Waals surface area contributed by atoms with Crippen LogP contribution >= 0.6 is 11.6 Å². The lowest BCUT2D eigenvalue weighted by Gasteiger charge is -2.38. The van der Waals surface area contributed by atoms with Crippen LogP contribution in [0.1, 0.15) is 25.8 Å². The molecule has 0 saturated carbocycles. The molecular formula is C19H30ClN3O2. The van der Waals surface area contributed by atoms with E-state index >= 15 is 0 Å². The van der Waals surface area contributed by atoms with Crippen LogP contribution in [0.3, 0.4) is 0 Å². The van der Waals surface area contributed by atoms with Gasteiger partial charge in [0.2, 0.25) is 0 Å². The number of halogens is 1. The first kappa shape index (κ1) is 18.8. The Morgan fingerprint density at radius 2 is 1.76 bits per heavy atom. The van der Waals surface area contributed by atoms with Crippen LogP contribution in [-0.2, 0) is 6.54 Å². The van der Waals surface area contributed by atoms with Gasteiger partial charge < -0.3 is 14.8 Å².